The molecule has 0 aliphatic heterocycles. The number of carbonyl (C=O) groups excluding carboxylic acids is 1. The van der Waals surface area contributed by atoms with Crippen molar-refractivity contribution in [2.45, 2.75) is 13.1 Å². The highest BCUT2D eigenvalue weighted by molar-refractivity contribution is 5.99. The minimum Gasteiger partial charge on any atom is -0.368 e. The lowest BCUT2D eigenvalue weighted by atomic mass is 10.1. The van der Waals surface area contributed by atoms with Crippen LogP contribution in [-0.4, -0.2) is 16.0 Å². The van der Waals surface area contributed by atoms with E-state index in [9.17, 15) is 18.0 Å². The summed E-state index contributed by atoms with van der Waals surface area (Å²) in [4.78, 5) is 19.8. The number of hydrogen-bond acceptors (Lipinski definition) is 4. The smallest absolute Gasteiger partial charge is 0.368 e. The first kappa shape index (κ1) is 20.7. The highest BCUT2D eigenvalue weighted by atomic mass is 19.4. The lowest BCUT2D eigenvalue weighted by Crippen LogP contribution is -2.20. The number of halogens is 3. The Morgan fingerprint density at radius 2 is 1.67 bits per heavy atom. The first-order valence-corrected chi connectivity index (χ1v) is 8.66. The molecule has 1 heterocycles. The molecule has 4 N–H and O–H groups in total. The minimum atomic E-state index is -4.49. The molecule has 0 aliphatic carbocycles. The zero-order valence-corrected chi connectivity index (χ0v) is 15.7. The summed E-state index contributed by atoms with van der Waals surface area (Å²) >= 11 is 0. The quantitative estimate of drug-likeness (QED) is 0.544. The predicted molar refractivity (Wildman–Crippen MR) is 108 cm³/mol. The highest BCUT2D eigenvalue weighted by Gasteiger charge is 2.30. The second kappa shape index (κ2) is 8.53. The number of aromatic nitrogens is 2. The van der Waals surface area contributed by atoms with Crippen molar-refractivity contribution in [3.05, 3.63) is 77.1 Å². The van der Waals surface area contributed by atoms with Crippen LogP contribution in [0.2, 0.25) is 0 Å². The van der Waals surface area contributed by atoms with E-state index in [2.05, 4.69) is 32.4 Å². The molecule has 2 amide bonds. The van der Waals surface area contributed by atoms with Gasteiger partial charge in [-0.1, -0.05) is 17.9 Å². The van der Waals surface area contributed by atoms with Gasteiger partial charge in [0.25, 0.3) is 0 Å². The van der Waals surface area contributed by atoms with Gasteiger partial charge in [0.15, 0.2) is 0 Å². The normalized spacial score (nSPS) is 10.7. The first-order valence-electron chi connectivity index (χ1n) is 8.66. The maximum absolute atomic E-state index is 12.8. The minimum absolute atomic E-state index is 0.0345. The Hall–Kier alpha value is -4.06. The number of anilines is 3. The Morgan fingerprint density at radius 3 is 2.30 bits per heavy atom. The summed E-state index contributed by atoms with van der Waals surface area (Å²) in [7, 11) is 0. The van der Waals surface area contributed by atoms with Crippen LogP contribution in [0.1, 0.15) is 22.3 Å². The van der Waals surface area contributed by atoms with Gasteiger partial charge in [0.2, 0.25) is 5.95 Å². The topological polar surface area (TPSA) is 92.9 Å². The van der Waals surface area contributed by atoms with Gasteiger partial charge in [-0.2, -0.15) is 13.2 Å². The number of nitrogens with zero attached hydrogens (tertiary/aromatic N) is 2. The average molecular weight is 411 g/mol. The molecule has 0 saturated carbocycles. The Balaban J connectivity index is 1.67. The van der Waals surface area contributed by atoms with Crippen molar-refractivity contribution in [3.63, 3.8) is 0 Å². The highest BCUT2D eigenvalue weighted by Crippen LogP contribution is 2.30. The van der Waals surface area contributed by atoms with E-state index in [1.165, 1.54) is 24.5 Å². The molecule has 0 spiro atoms. The van der Waals surface area contributed by atoms with Crippen LogP contribution in [-0.2, 0) is 6.18 Å². The Morgan fingerprint density at radius 1 is 1.00 bits per heavy atom. The fraction of sp³-hybridized carbons (Fsp3) is 0.0952. The molecular weight excluding hydrogens is 395 g/mol. The van der Waals surface area contributed by atoms with Crippen molar-refractivity contribution >= 4 is 23.4 Å². The van der Waals surface area contributed by atoms with Gasteiger partial charge in [-0.25, -0.2) is 14.8 Å². The van der Waals surface area contributed by atoms with Gasteiger partial charge >= 0.3 is 12.2 Å². The lowest BCUT2D eigenvalue weighted by molar-refractivity contribution is -0.137. The molecule has 3 aromatic rings. The molecule has 9 heteroatoms. The van der Waals surface area contributed by atoms with E-state index in [-0.39, 0.29) is 11.6 Å². The number of urea groups is 1. The van der Waals surface area contributed by atoms with Gasteiger partial charge in [-0.3, -0.25) is 0 Å². The van der Waals surface area contributed by atoms with E-state index in [4.69, 9.17) is 5.73 Å². The third-order valence-electron chi connectivity index (χ3n) is 3.95. The van der Waals surface area contributed by atoms with E-state index < -0.39 is 17.8 Å². The maximum atomic E-state index is 12.8. The molecule has 0 bridgehead atoms. The van der Waals surface area contributed by atoms with Crippen LogP contribution in [0.15, 0.2) is 54.9 Å². The van der Waals surface area contributed by atoms with Crippen molar-refractivity contribution in [2.24, 2.45) is 0 Å². The Bertz CT molecular complexity index is 1130. The van der Waals surface area contributed by atoms with Crippen molar-refractivity contribution < 1.29 is 18.0 Å². The fourth-order valence-corrected chi connectivity index (χ4v) is 2.49. The molecule has 0 unspecified atom stereocenters. The van der Waals surface area contributed by atoms with Gasteiger partial charge in [0, 0.05) is 29.3 Å². The third kappa shape index (κ3) is 5.48. The van der Waals surface area contributed by atoms with Crippen molar-refractivity contribution in [2.75, 3.05) is 16.4 Å². The van der Waals surface area contributed by atoms with Crippen LogP contribution in [0.25, 0.3) is 0 Å². The second-order valence-electron chi connectivity index (χ2n) is 6.27. The molecular formula is C21H16F3N5O. The van der Waals surface area contributed by atoms with E-state index in [0.717, 1.165) is 23.3 Å². The number of aryl methyl sites for hydroxylation is 1. The SMILES string of the molecule is Cc1cc(NC(=O)Nc2cccc(C(F)(F)F)c2)ccc1C#Cc1cnc(N)nc1. The summed E-state index contributed by atoms with van der Waals surface area (Å²) in [6.45, 7) is 1.82. The zero-order valence-electron chi connectivity index (χ0n) is 15.7. The van der Waals surface area contributed by atoms with Gasteiger partial charge in [-0.05, 0) is 48.9 Å². The maximum Gasteiger partial charge on any atom is 0.416 e. The molecule has 0 radical (unpaired) electrons. The average Bonchev–Trinajstić information content (AvgIpc) is 2.68. The number of alkyl halides is 3. The second-order valence-corrected chi connectivity index (χ2v) is 6.27. The van der Waals surface area contributed by atoms with E-state index in [0.29, 0.717) is 11.3 Å². The van der Waals surface area contributed by atoms with Gasteiger partial charge in [0.05, 0.1) is 11.1 Å². The van der Waals surface area contributed by atoms with Crippen molar-refractivity contribution in [1.82, 2.24) is 9.97 Å². The van der Waals surface area contributed by atoms with Crippen LogP contribution in [0.3, 0.4) is 0 Å². The molecule has 0 fully saturated rings. The molecule has 2 aromatic carbocycles. The van der Waals surface area contributed by atoms with Crippen molar-refractivity contribution in [1.29, 1.82) is 0 Å². The van der Waals surface area contributed by atoms with E-state index in [1.54, 1.807) is 18.2 Å². The van der Waals surface area contributed by atoms with Gasteiger partial charge in [-0.15, -0.1) is 0 Å². The van der Waals surface area contributed by atoms with Crippen LogP contribution < -0.4 is 16.4 Å². The number of nitrogens with two attached hydrogens (primary N) is 1. The summed E-state index contributed by atoms with van der Waals surface area (Å²) in [6.07, 6.45) is -1.46. The number of benzene rings is 2. The summed E-state index contributed by atoms with van der Waals surface area (Å²) in [6, 6.07) is 8.80. The van der Waals surface area contributed by atoms with Crippen molar-refractivity contribution in [3.8, 4) is 11.8 Å². The van der Waals surface area contributed by atoms with Crippen LogP contribution in [0, 0.1) is 18.8 Å². The predicted octanol–water partition coefficient (Wildman–Crippen LogP) is 4.43. The number of hydrogen-bond donors (Lipinski definition) is 3. The number of rotatable bonds is 2. The number of amides is 2. The monoisotopic (exact) mass is 411 g/mol. The standard InChI is InChI=1S/C21H16F3N5O/c1-13-9-18(8-7-15(13)6-5-14-11-26-19(25)27-12-14)29-20(30)28-17-4-2-3-16(10-17)21(22,23)24/h2-4,7-12H,1H3,(H2,25,26,27)(H2,28,29,30). The van der Waals surface area contributed by atoms with E-state index >= 15 is 0 Å². The fourth-order valence-electron chi connectivity index (χ4n) is 2.49. The summed E-state index contributed by atoms with van der Waals surface area (Å²) < 4.78 is 38.3. The largest absolute Gasteiger partial charge is 0.416 e. The summed E-state index contributed by atoms with van der Waals surface area (Å²) in [5.74, 6) is 6.06. The molecule has 0 atom stereocenters. The number of nitrogen functional groups attached to an aromatic ring is 1. The molecule has 1 aromatic heterocycles. The van der Waals surface area contributed by atoms with Crippen LogP contribution in [0.5, 0.6) is 0 Å². The molecule has 0 aliphatic rings. The zero-order chi connectivity index (χ0) is 21.7. The summed E-state index contributed by atoms with van der Waals surface area (Å²) in [5.41, 5.74) is 7.23. The number of nitrogens with one attached hydrogen (secondary N) is 2. The number of carbonyl (C=O) groups is 1. The van der Waals surface area contributed by atoms with Crippen LogP contribution >= 0.6 is 0 Å². The first-order chi connectivity index (χ1) is 14.2. The Labute approximate surface area is 170 Å². The molecule has 30 heavy (non-hydrogen) atoms. The van der Waals surface area contributed by atoms with Gasteiger partial charge < -0.3 is 16.4 Å². The van der Waals surface area contributed by atoms with Crippen LogP contribution in [0.4, 0.5) is 35.3 Å². The van der Waals surface area contributed by atoms with E-state index in [1.807, 2.05) is 6.92 Å². The molecule has 152 valence electrons. The third-order valence-corrected chi connectivity index (χ3v) is 3.95. The Kier molecular flexibility index (Phi) is 5.88. The lowest BCUT2D eigenvalue weighted by Gasteiger charge is -2.11. The molecule has 3 rings (SSSR count). The summed E-state index contributed by atoms with van der Waals surface area (Å²) in [5, 5.41) is 4.97. The van der Waals surface area contributed by atoms with Gasteiger partial charge in [0.1, 0.15) is 0 Å². The molecule has 0 saturated heterocycles. The molecule has 6 nitrogen and oxygen atoms in total.